The van der Waals surface area contributed by atoms with Gasteiger partial charge in [-0.2, -0.15) is 0 Å². The van der Waals surface area contributed by atoms with Gasteiger partial charge >= 0.3 is 5.97 Å². The summed E-state index contributed by atoms with van der Waals surface area (Å²) >= 11 is 0. The second kappa shape index (κ2) is 6.92. The summed E-state index contributed by atoms with van der Waals surface area (Å²) in [6, 6.07) is 13.2. The number of carbonyl (C=O) groups excluding carboxylic acids is 1. The molecule has 0 bridgehead atoms. The molecule has 0 saturated heterocycles. The summed E-state index contributed by atoms with van der Waals surface area (Å²) in [6.07, 6.45) is 0.399. The highest BCUT2D eigenvalue weighted by Gasteiger charge is 2.26. The molecule has 2 aromatic carbocycles. The van der Waals surface area contributed by atoms with Crippen molar-refractivity contribution in [3.63, 3.8) is 0 Å². The molecule has 1 atom stereocenters. The Morgan fingerprint density at radius 1 is 1.18 bits per heavy atom. The molecule has 0 saturated carbocycles. The minimum atomic E-state index is -0.573. The minimum absolute atomic E-state index is 0.115. The SMILES string of the molecule is CC[C@H](C)OC(=O)c1c(N)n(-c2cccc(F)c2)c2nc3ccccc3nc12. The van der Waals surface area contributed by atoms with Gasteiger partial charge < -0.3 is 10.5 Å². The first-order valence-corrected chi connectivity index (χ1v) is 9.03. The first-order chi connectivity index (χ1) is 13.5. The largest absolute Gasteiger partial charge is 0.459 e. The van der Waals surface area contributed by atoms with Crippen LogP contribution in [0, 0.1) is 5.82 Å². The van der Waals surface area contributed by atoms with Crippen LogP contribution in [0.25, 0.3) is 27.9 Å². The number of aromatic nitrogens is 3. The number of hydrogen-bond donors (Lipinski definition) is 1. The van der Waals surface area contributed by atoms with E-state index in [4.69, 9.17) is 10.5 Å². The van der Waals surface area contributed by atoms with Crippen molar-refractivity contribution in [2.24, 2.45) is 0 Å². The second-order valence-electron chi connectivity index (χ2n) is 6.58. The lowest BCUT2D eigenvalue weighted by Gasteiger charge is -2.11. The van der Waals surface area contributed by atoms with Crippen molar-refractivity contribution in [1.82, 2.24) is 14.5 Å². The summed E-state index contributed by atoms with van der Waals surface area (Å²) in [4.78, 5) is 22.1. The fourth-order valence-electron chi connectivity index (χ4n) is 3.06. The maximum absolute atomic E-state index is 13.8. The van der Waals surface area contributed by atoms with Gasteiger partial charge in [0.15, 0.2) is 5.65 Å². The third-order valence-electron chi connectivity index (χ3n) is 4.65. The number of ether oxygens (including phenoxy) is 1. The summed E-state index contributed by atoms with van der Waals surface area (Å²) in [6.45, 7) is 3.73. The number of nitrogens with zero attached hydrogens (tertiary/aromatic N) is 3. The summed E-state index contributed by atoms with van der Waals surface area (Å²) < 4.78 is 20.9. The molecule has 2 heterocycles. The maximum Gasteiger partial charge on any atom is 0.344 e. The highest BCUT2D eigenvalue weighted by molar-refractivity contribution is 6.09. The molecule has 6 nitrogen and oxygen atoms in total. The number of nitrogen functional groups attached to an aromatic ring is 1. The van der Waals surface area contributed by atoms with E-state index >= 15 is 0 Å². The molecule has 0 aliphatic carbocycles. The Bertz CT molecular complexity index is 1200. The lowest BCUT2D eigenvalue weighted by Crippen LogP contribution is -2.15. The highest BCUT2D eigenvalue weighted by atomic mass is 19.1. The van der Waals surface area contributed by atoms with Crippen LogP contribution >= 0.6 is 0 Å². The van der Waals surface area contributed by atoms with Gasteiger partial charge in [0, 0.05) is 0 Å². The van der Waals surface area contributed by atoms with Gasteiger partial charge in [0.1, 0.15) is 22.7 Å². The summed E-state index contributed by atoms with van der Waals surface area (Å²) in [5.74, 6) is -0.878. The van der Waals surface area contributed by atoms with Crippen LogP contribution in [0.5, 0.6) is 0 Å². The Hall–Kier alpha value is -3.48. The van der Waals surface area contributed by atoms with Crippen LogP contribution in [0.2, 0.25) is 0 Å². The molecule has 4 aromatic rings. The van der Waals surface area contributed by atoms with Gasteiger partial charge in [-0.15, -0.1) is 0 Å². The minimum Gasteiger partial charge on any atom is -0.459 e. The molecule has 0 amide bonds. The lowest BCUT2D eigenvalue weighted by atomic mass is 10.2. The average Bonchev–Trinajstić information content (AvgIpc) is 2.96. The molecular weight excluding hydrogens is 359 g/mol. The van der Waals surface area contributed by atoms with Crippen LogP contribution in [0.1, 0.15) is 30.6 Å². The lowest BCUT2D eigenvalue weighted by molar-refractivity contribution is 0.0338. The van der Waals surface area contributed by atoms with E-state index in [0.29, 0.717) is 34.3 Å². The van der Waals surface area contributed by atoms with Crippen LogP contribution in [0.3, 0.4) is 0 Å². The molecule has 142 valence electrons. The molecule has 0 spiro atoms. The third-order valence-corrected chi connectivity index (χ3v) is 4.65. The Kier molecular flexibility index (Phi) is 4.43. The number of anilines is 1. The molecule has 0 unspecified atom stereocenters. The standard InChI is InChI=1S/C21H19FN4O2/c1-3-12(2)28-21(27)17-18-20(25-16-10-5-4-9-15(16)24-18)26(19(17)23)14-8-6-7-13(22)11-14/h4-12H,3,23H2,1-2H3/t12-/m0/s1. The number of para-hydroxylation sites is 2. The number of rotatable bonds is 4. The Morgan fingerprint density at radius 2 is 1.89 bits per heavy atom. The van der Waals surface area contributed by atoms with Crippen LogP contribution in [-0.4, -0.2) is 26.6 Å². The van der Waals surface area contributed by atoms with Gasteiger partial charge in [-0.05, 0) is 43.7 Å². The highest BCUT2D eigenvalue weighted by Crippen LogP contribution is 2.32. The van der Waals surface area contributed by atoms with Crippen molar-refractivity contribution in [3.05, 3.63) is 59.9 Å². The van der Waals surface area contributed by atoms with Gasteiger partial charge in [0.25, 0.3) is 0 Å². The van der Waals surface area contributed by atoms with Crippen molar-refractivity contribution in [1.29, 1.82) is 0 Å². The first-order valence-electron chi connectivity index (χ1n) is 9.03. The zero-order valence-electron chi connectivity index (χ0n) is 15.5. The van der Waals surface area contributed by atoms with E-state index < -0.39 is 11.8 Å². The van der Waals surface area contributed by atoms with E-state index in [9.17, 15) is 9.18 Å². The van der Waals surface area contributed by atoms with Crippen LogP contribution in [0.15, 0.2) is 48.5 Å². The molecule has 0 radical (unpaired) electrons. The number of nitrogens with two attached hydrogens (primary N) is 1. The van der Waals surface area contributed by atoms with E-state index in [1.807, 2.05) is 25.1 Å². The zero-order chi connectivity index (χ0) is 19.8. The van der Waals surface area contributed by atoms with Gasteiger partial charge in [-0.1, -0.05) is 25.1 Å². The number of fused-ring (bicyclic) bond motifs is 2. The smallest absolute Gasteiger partial charge is 0.344 e. The molecule has 28 heavy (non-hydrogen) atoms. The average molecular weight is 378 g/mol. The van der Waals surface area contributed by atoms with E-state index in [-0.39, 0.29) is 17.5 Å². The molecule has 0 aliphatic rings. The summed E-state index contributed by atoms with van der Waals surface area (Å²) in [5, 5.41) is 0. The summed E-state index contributed by atoms with van der Waals surface area (Å²) in [7, 11) is 0. The van der Waals surface area contributed by atoms with Crippen LogP contribution in [0.4, 0.5) is 10.2 Å². The normalized spacial score (nSPS) is 12.4. The fraction of sp³-hybridized carbons (Fsp3) is 0.190. The molecule has 0 aliphatic heterocycles. The van der Waals surface area contributed by atoms with E-state index in [1.54, 1.807) is 25.1 Å². The van der Waals surface area contributed by atoms with Crippen molar-refractivity contribution < 1.29 is 13.9 Å². The molecular formula is C21H19FN4O2. The molecule has 0 fully saturated rings. The Morgan fingerprint density at radius 3 is 2.57 bits per heavy atom. The molecule has 2 N–H and O–H groups in total. The predicted molar refractivity (Wildman–Crippen MR) is 106 cm³/mol. The predicted octanol–water partition coefficient (Wildman–Crippen LogP) is 4.25. The Labute approximate surface area is 160 Å². The van der Waals surface area contributed by atoms with Crippen molar-refractivity contribution >= 4 is 34.0 Å². The monoisotopic (exact) mass is 378 g/mol. The number of benzene rings is 2. The van der Waals surface area contributed by atoms with E-state index in [1.165, 1.54) is 16.7 Å². The zero-order valence-corrected chi connectivity index (χ0v) is 15.5. The third kappa shape index (κ3) is 2.94. The van der Waals surface area contributed by atoms with Gasteiger partial charge in [-0.3, -0.25) is 4.57 Å². The number of esters is 1. The number of halogens is 1. The van der Waals surface area contributed by atoms with E-state index in [2.05, 4.69) is 9.97 Å². The van der Waals surface area contributed by atoms with E-state index in [0.717, 1.165) is 0 Å². The van der Waals surface area contributed by atoms with Gasteiger partial charge in [0.05, 0.1) is 22.8 Å². The fourth-order valence-corrected chi connectivity index (χ4v) is 3.06. The number of carbonyl (C=O) groups is 1. The quantitative estimate of drug-likeness (QED) is 0.537. The first kappa shape index (κ1) is 17.9. The summed E-state index contributed by atoms with van der Waals surface area (Å²) in [5.41, 5.74) is 8.90. The van der Waals surface area contributed by atoms with Crippen LogP contribution in [-0.2, 0) is 4.74 Å². The van der Waals surface area contributed by atoms with Crippen molar-refractivity contribution in [2.75, 3.05) is 5.73 Å². The maximum atomic E-state index is 13.8. The second-order valence-corrected chi connectivity index (χ2v) is 6.58. The Balaban J connectivity index is 2.04. The molecule has 4 rings (SSSR count). The topological polar surface area (TPSA) is 83.0 Å². The van der Waals surface area contributed by atoms with Gasteiger partial charge in [0.2, 0.25) is 0 Å². The van der Waals surface area contributed by atoms with Gasteiger partial charge in [-0.25, -0.2) is 19.2 Å². The number of hydrogen-bond acceptors (Lipinski definition) is 5. The molecule has 2 aromatic heterocycles. The van der Waals surface area contributed by atoms with Crippen molar-refractivity contribution in [3.8, 4) is 5.69 Å². The molecule has 7 heteroatoms. The van der Waals surface area contributed by atoms with Crippen LogP contribution < -0.4 is 5.73 Å². The van der Waals surface area contributed by atoms with Crippen molar-refractivity contribution in [2.45, 2.75) is 26.4 Å².